The molecule has 2 rings (SSSR count). The van der Waals surface area contributed by atoms with Gasteiger partial charge in [0.2, 0.25) is 0 Å². The third kappa shape index (κ3) is 4.62. The van der Waals surface area contributed by atoms with E-state index in [1.165, 1.54) is 24.3 Å². The van der Waals surface area contributed by atoms with Gasteiger partial charge < -0.3 is 14.8 Å². The summed E-state index contributed by atoms with van der Waals surface area (Å²) in [5, 5.41) is 3.56. The first kappa shape index (κ1) is 16.6. The zero-order chi connectivity index (χ0) is 14.4. The summed E-state index contributed by atoms with van der Waals surface area (Å²) in [4.78, 5) is 0. The van der Waals surface area contributed by atoms with Crippen LogP contribution in [-0.2, 0) is 9.47 Å². The van der Waals surface area contributed by atoms with Crippen molar-refractivity contribution in [1.29, 1.82) is 0 Å². The fourth-order valence-corrected chi connectivity index (χ4v) is 4.69. The number of hydrogen-bond donors (Lipinski definition) is 1. The highest BCUT2D eigenvalue weighted by atomic mass is 32.2. The van der Waals surface area contributed by atoms with E-state index in [0.717, 1.165) is 44.5 Å². The monoisotopic (exact) mass is 301 g/mol. The Morgan fingerprint density at radius 2 is 1.95 bits per heavy atom. The Balaban J connectivity index is 1.85. The van der Waals surface area contributed by atoms with E-state index < -0.39 is 0 Å². The van der Waals surface area contributed by atoms with E-state index in [1.807, 2.05) is 0 Å². The SMILES string of the molecule is CNC(CSCC(C)C)C1CCOC2(CCOCC2)C1. The minimum absolute atomic E-state index is 0.124. The highest BCUT2D eigenvalue weighted by Crippen LogP contribution is 2.38. The molecule has 2 saturated heterocycles. The number of hydrogen-bond acceptors (Lipinski definition) is 4. The van der Waals surface area contributed by atoms with E-state index >= 15 is 0 Å². The molecule has 0 saturated carbocycles. The van der Waals surface area contributed by atoms with Crippen molar-refractivity contribution in [3.63, 3.8) is 0 Å². The highest BCUT2D eigenvalue weighted by molar-refractivity contribution is 7.99. The molecule has 0 bridgehead atoms. The zero-order valence-electron chi connectivity index (χ0n) is 13.3. The van der Waals surface area contributed by atoms with Crippen molar-refractivity contribution in [3.05, 3.63) is 0 Å². The minimum atomic E-state index is 0.124. The molecule has 2 aliphatic rings. The van der Waals surface area contributed by atoms with Crippen LogP contribution < -0.4 is 5.32 Å². The average molecular weight is 301 g/mol. The summed E-state index contributed by atoms with van der Waals surface area (Å²) >= 11 is 2.09. The van der Waals surface area contributed by atoms with Gasteiger partial charge in [-0.2, -0.15) is 11.8 Å². The molecule has 20 heavy (non-hydrogen) atoms. The molecule has 1 spiro atoms. The Bertz CT molecular complexity index is 274. The number of rotatable bonds is 6. The van der Waals surface area contributed by atoms with Crippen molar-refractivity contribution in [3.8, 4) is 0 Å². The molecule has 0 aliphatic carbocycles. The van der Waals surface area contributed by atoms with Crippen LogP contribution in [0.25, 0.3) is 0 Å². The Morgan fingerprint density at radius 3 is 2.60 bits per heavy atom. The fourth-order valence-electron chi connectivity index (χ4n) is 3.39. The second-order valence-corrected chi connectivity index (χ2v) is 7.80. The first-order valence-electron chi connectivity index (χ1n) is 8.12. The quantitative estimate of drug-likeness (QED) is 0.817. The molecular weight excluding hydrogens is 270 g/mol. The van der Waals surface area contributed by atoms with Gasteiger partial charge in [-0.3, -0.25) is 0 Å². The molecule has 118 valence electrons. The summed E-state index contributed by atoms with van der Waals surface area (Å²) in [5.41, 5.74) is 0.124. The van der Waals surface area contributed by atoms with Gasteiger partial charge in [0.25, 0.3) is 0 Å². The van der Waals surface area contributed by atoms with Crippen LogP contribution >= 0.6 is 11.8 Å². The van der Waals surface area contributed by atoms with Gasteiger partial charge in [0.15, 0.2) is 0 Å². The number of ether oxygens (including phenoxy) is 2. The average Bonchev–Trinajstić information content (AvgIpc) is 2.44. The molecule has 3 nitrogen and oxygen atoms in total. The maximum Gasteiger partial charge on any atom is 0.0729 e. The van der Waals surface area contributed by atoms with Gasteiger partial charge >= 0.3 is 0 Å². The van der Waals surface area contributed by atoms with Crippen molar-refractivity contribution in [2.24, 2.45) is 11.8 Å². The normalized spacial score (nSPS) is 27.9. The smallest absolute Gasteiger partial charge is 0.0729 e. The van der Waals surface area contributed by atoms with E-state index in [2.05, 4.69) is 38.0 Å². The van der Waals surface area contributed by atoms with E-state index in [1.54, 1.807) is 0 Å². The van der Waals surface area contributed by atoms with Crippen LogP contribution in [-0.4, -0.2) is 50.0 Å². The Kier molecular flexibility index (Phi) is 6.66. The van der Waals surface area contributed by atoms with Crippen LogP contribution in [0.5, 0.6) is 0 Å². The van der Waals surface area contributed by atoms with Crippen LogP contribution in [0.3, 0.4) is 0 Å². The van der Waals surface area contributed by atoms with Crippen molar-refractivity contribution >= 4 is 11.8 Å². The molecule has 0 aromatic carbocycles. The van der Waals surface area contributed by atoms with Crippen LogP contribution in [0.15, 0.2) is 0 Å². The Hall–Kier alpha value is 0.230. The van der Waals surface area contributed by atoms with Gasteiger partial charge in [-0.05, 0) is 50.3 Å². The molecule has 2 aliphatic heterocycles. The first-order valence-corrected chi connectivity index (χ1v) is 9.27. The summed E-state index contributed by atoms with van der Waals surface area (Å²) in [6.45, 7) is 7.27. The summed E-state index contributed by atoms with van der Waals surface area (Å²) in [5.74, 6) is 4.03. The third-order valence-electron chi connectivity index (χ3n) is 4.62. The van der Waals surface area contributed by atoms with Crippen LogP contribution in [0.4, 0.5) is 0 Å². The molecular formula is C16H31NO2S. The number of nitrogens with one attached hydrogen (secondary N) is 1. The molecule has 0 aromatic heterocycles. The fraction of sp³-hybridized carbons (Fsp3) is 1.00. The van der Waals surface area contributed by atoms with Crippen LogP contribution in [0.2, 0.25) is 0 Å². The summed E-state index contributed by atoms with van der Waals surface area (Å²) in [6.07, 6.45) is 4.58. The van der Waals surface area contributed by atoms with Gasteiger partial charge in [0.1, 0.15) is 0 Å². The molecule has 0 aromatic rings. The van der Waals surface area contributed by atoms with Crippen molar-refractivity contribution in [2.45, 2.75) is 51.2 Å². The second-order valence-electron chi connectivity index (χ2n) is 6.72. The van der Waals surface area contributed by atoms with E-state index in [-0.39, 0.29) is 5.60 Å². The molecule has 2 unspecified atom stereocenters. The van der Waals surface area contributed by atoms with E-state index in [4.69, 9.17) is 9.47 Å². The second kappa shape index (κ2) is 8.02. The Labute approximate surface area is 128 Å². The molecule has 2 atom stereocenters. The van der Waals surface area contributed by atoms with Crippen molar-refractivity contribution < 1.29 is 9.47 Å². The van der Waals surface area contributed by atoms with E-state index in [9.17, 15) is 0 Å². The van der Waals surface area contributed by atoms with Crippen LogP contribution in [0, 0.1) is 11.8 Å². The van der Waals surface area contributed by atoms with Gasteiger partial charge in [0, 0.05) is 31.6 Å². The topological polar surface area (TPSA) is 30.5 Å². The van der Waals surface area contributed by atoms with Gasteiger partial charge in [0.05, 0.1) is 5.60 Å². The molecule has 1 N–H and O–H groups in total. The minimum Gasteiger partial charge on any atom is -0.381 e. The molecule has 0 radical (unpaired) electrons. The van der Waals surface area contributed by atoms with Gasteiger partial charge in [-0.25, -0.2) is 0 Å². The molecule has 0 amide bonds. The highest BCUT2D eigenvalue weighted by Gasteiger charge is 2.40. The lowest BCUT2D eigenvalue weighted by Gasteiger charge is -2.45. The summed E-state index contributed by atoms with van der Waals surface area (Å²) in [6, 6.07) is 0.627. The maximum atomic E-state index is 6.16. The predicted octanol–water partition coefficient (Wildman–Crippen LogP) is 2.94. The lowest BCUT2D eigenvalue weighted by Crippen LogP contribution is -2.49. The zero-order valence-corrected chi connectivity index (χ0v) is 14.1. The van der Waals surface area contributed by atoms with Crippen molar-refractivity contribution in [1.82, 2.24) is 5.32 Å². The standard InChI is InChI=1S/C16H31NO2S/c1-13(2)11-20-12-15(17-3)14-4-7-19-16(10-14)5-8-18-9-6-16/h13-15,17H,4-12H2,1-3H3. The van der Waals surface area contributed by atoms with E-state index in [0.29, 0.717) is 6.04 Å². The molecule has 2 heterocycles. The van der Waals surface area contributed by atoms with Crippen LogP contribution in [0.1, 0.15) is 39.5 Å². The number of thioether (sulfide) groups is 1. The lowest BCUT2D eigenvalue weighted by atomic mass is 9.78. The van der Waals surface area contributed by atoms with Gasteiger partial charge in [-0.15, -0.1) is 0 Å². The first-order chi connectivity index (χ1) is 9.65. The largest absolute Gasteiger partial charge is 0.381 e. The maximum absolute atomic E-state index is 6.16. The molecule has 2 fully saturated rings. The lowest BCUT2D eigenvalue weighted by molar-refractivity contribution is -0.149. The van der Waals surface area contributed by atoms with Crippen molar-refractivity contribution in [2.75, 3.05) is 38.4 Å². The third-order valence-corrected chi connectivity index (χ3v) is 6.12. The summed E-state index contributed by atoms with van der Waals surface area (Å²) < 4.78 is 11.7. The Morgan fingerprint density at radius 1 is 1.20 bits per heavy atom. The van der Waals surface area contributed by atoms with Gasteiger partial charge in [-0.1, -0.05) is 13.8 Å². The summed E-state index contributed by atoms with van der Waals surface area (Å²) in [7, 11) is 2.12. The predicted molar refractivity (Wildman–Crippen MR) is 86.5 cm³/mol. The molecule has 4 heteroatoms.